The normalized spacial score (nSPS) is 12.4. The van der Waals surface area contributed by atoms with Crippen LogP contribution in [0.2, 0.25) is 0 Å². The molecule has 0 fully saturated rings. The van der Waals surface area contributed by atoms with Crippen molar-refractivity contribution in [2.75, 3.05) is 20.1 Å². The van der Waals surface area contributed by atoms with Crippen LogP contribution in [0.15, 0.2) is 0 Å². The number of carbonyl (C=O) groups is 1. The first-order valence-electron chi connectivity index (χ1n) is 3.75. The van der Waals surface area contributed by atoms with E-state index in [1.54, 1.807) is 18.9 Å². The minimum Gasteiger partial charge on any atom is -0.392 e. The van der Waals surface area contributed by atoms with Crippen molar-refractivity contribution in [1.82, 2.24) is 10.2 Å². The van der Waals surface area contributed by atoms with Crippen LogP contribution >= 0.6 is 0 Å². The molecule has 1 unspecified atom stereocenters. The zero-order valence-electron chi connectivity index (χ0n) is 7.29. The van der Waals surface area contributed by atoms with E-state index in [4.69, 9.17) is 5.11 Å². The zero-order valence-corrected chi connectivity index (χ0v) is 7.29. The van der Waals surface area contributed by atoms with Gasteiger partial charge in [-0.3, -0.25) is 0 Å². The number of rotatable bonds is 3. The van der Waals surface area contributed by atoms with Crippen molar-refractivity contribution >= 4 is 6.03 Å². The van der Waals surface area contributed by atoms with Gasteiger partial charge in [0.1, 0.15) is 0 Å². The highest BCUT2D eigenvalue weighted by atomic mass is 16.3. The maximum absolute atomic E-state index is 11.0. The van der Waals surface area contributed by atoms with Gasteiger partial charge in [-0.1, -0.05) is 0 Å². The Bertz CT molecular complexity index is 126. The van der Waals surface area contributed by atoms with Crippen LogP contribution in [0.1, 0.15) is 13.8 Å². The molecular weight excluding hydrogens is 144 g/mol. The SMILES string of the molecule is CCN(C)C(=O)NCC(C)O. The first-order chi connectivity index (χ1) is 5.07. The number of nitrogens with one attached hydrogen (secondary N) is 1. The van der Waals surface area contributed by atoms with E-state index in [-0.39, 0.29) is 6.03 Å². The van der Waals surface area contributed by atoms with Gasteiger partial charge in [0.25, 0.3) is 0 Å². The van der Waals surface area contributed by atoms with Gasteiger partial charge < -0.3 is 15.3 Å². The molecule has 0 radical (unpaired) electrons. The number of carbonyl (C=O) groups excluding carboxylic acids is 1. The molecule has 1 atom stereocenters. The van der Waals surface area contributed by atoms with Crippen molar-refractivity contribution in [2.45, 2.75) is 20.0 Å². The fraction of sp³-hybridized carbons (Fsp3) is 0.857. The van der Waals surface area contributed by atoms with E-state index < -0.39 is 6.10 Å². The molecule has 0 heterocycles. The van der Waals surface area contributed by atoms with Gasteiger partial charge in [0.05, 0.1) is 6.10 Å². The maximum atomic E-state index is 11.0. The molecule has 2 amide bonds. The molecule has 0 spiro atoms. The molecule has 0 aromatic rings. The molecule has 0 aliphatic carbocycles. The van der Waals surface area contributed by atoms with Crippen LogP contribution in [0.5, 0.6) is 0 Å². The Labute approximate surface area is 67.2 Å². The molecule has 4 nitrogen and oxygen atoms in total. The summed E-state index contributed by atoms with van der Waals surface area (Å²) in [7, 11) is 1.71. The predicted molar refractivity (Wildman–Crippen MR) is 43.4 cm³/mol. The second kappa shape index (κ2) is 4.96. The van der Waals surface area contributed by atoms with Crippen LogP contribution in [-0.2, 0) is 0 Å². The van der Waals surface area contributed by atoms with E-state index in [0.29, 0.717) is 13.1 Å². The van der Waals surface area contributed by atoms with E-state index in [0.717, 1.165) is 0 Å². The largest absolute Gasteiger partial charge is 0.392 e. The fourth-order valence-corrected chi connectivity index (χ4v) is 0.514. The smallest absolute Gasteiger partial charge is 0.317 e. The lowest BCUT2D eigenvalue weighted by Gasteiger charge is -2.15. The molecule has 0 aromatic heterocycles. The average molecular weight is 160 g/mol. The fourth-order valence-electron chi connectivity index (χ4n) is 0.514. The van der Waals surface area contributed by atoms with Crippen LogP contribution in [0, 0.1) is 0 Å². The Balaban J connectivity index is 3.52. The van der Waals surface area contributed by atoms with Crippen molar-refractivity contribution in [3.63, 3.8) is 0 Å². The lowest BCUT2D eigenvalue weighted by molar-refractivity contribution is 0.177. The summed E-state index contributed by atoms with van der Waals surface area (Å²) >= 11 is 0. The third kappa shape index (κ3) is 4.61. The Morgan fingerprint density at radius 3 is 2.64 bits per heavy atom. The standard InChI is InChI=1S/C7H16N2O2/c1-4-9(3)7(11)8-5-6(2)10/h6,10H,4-5H2,1-3H3,(H,8,11). The minimum atomic E-state index is -0.482. The van der Waals surface area contributed by atoms with Crippen LogP contribution < -0.4 is 5.32 Å². The summed E-state index contributed by atoms with van der Waals surface area (Å²) in [6.45, 7) is 4.50. The number of hydrogen-bond acceptors (Lipinski definition) is 2. The molecule has 0 aromatic carbocycles. The first-order valence-corrected chi connectivity index (χ1v) is 3.75. The van der Waals surface area contributed by atoms with Gasteiger partial charge in [0.2, 0.25) is 0 Å². The van der Waals surface area contributed by atoms with Gasteiger partial charge in [-0.05, 0) is 13.8 Å². The van der Waals surface area contributed by atoms with Gasteiger partial charge in [-0.2, -0.15) is 0 Å². The van der Waals surface area contributed by atoms with Crippen molar-refractivity contribution in [1.29, 1.82) is 0 Å². The number of aliphatic hydroxyl groups is 1. The Kier molecular flexibility index (Phi) is 4.61. The summed E-state index contributed by atoms with van der Waals surface area (Å²) in [5.41, 5.74) is 0. The highest BCUT2D eigenvalue weighted by molar-refractivity contribution is 5.73. The molecule has 0 saturated heterocycles. The molecule has 2 N–H and O–H groups in total. The molecule has 66 valence electrons. The molecule has 0 bridgehead atoms. The maximum Gasteiger partial charge on any atom is 0.317 e. The molecule has 11 heavy (non-hydrogen) atoms. The van der Waals surface area contributed by atoms with Crippen molar-refractivity contribution in [3.8, 4) is 0 Å². The Morgan fingerprint density at radius 2 is 2.27 bits per heavy atom. The number of nitrogens with zero attached hydrogens (tertiary/aromatic N) is 1. The number of aliphatic hydroxyl groups excluding tert-OH is 1. The monoisotopic (exact) mass is 160 g/mol. The number of urea groups is 1. The number of amides is 2. The molecule has 0 aliphatic rings. The lowest BCUT2D eigenvalue weighted by atomic mass is 10.4. The Hall–Kier alpha value is -0.770. The van der Waals surface area contributed by atoms with Gasteiger partial charge in [-0.15, -0.1) is 0 Å². The van der Waals surface area contributed by atoms with Crippen LogP contribution in [0.3, 0.4) is 0 Å². The molecule has 4 heteroatoms. The highest BCUT2D eigenvalue weighted by Crippen LogP contribution is 1.83. The third-order valence-electron chi connectivity index (χ3n) is 1.37. The molecule has 0 rings (SSSR count). The summed E-state index contributed by atoms with van der Waals surface area (Å²) in [5.74, 6) is 0. The van der Waals surface area contributed by atoms with Gasteiger partial charge in [-0.25, -0.2) is 4.79 Å². The molecular formula is C7H16N2O2. The summed E-state index contributed by atoms with van der Waals surface area (Å²) in [4.78, 5) is 12.5. The van der Waals surface area contributed by atoms with Crippen molar-refractivity contribution in [3.05, 3.63) is 0 Å². The highest BCUT2D eigenvalue weighted by Gasteiger charge is 2.05. The van der Waals surface area contributed by atoms with Gasteiger partial charge in [0.15, 0.2) is 0 Å². The average Bonchev–Trinajstić information content (AvgIpc) is 1.98. The van der Waals surface area contributed by atoms with Crippen LogP contribution in [-0.4, -0.2) is 42.3 Å². The van der Waals surface area contributed by atoms with E-state index >= 15 is 0 Å². The number of hydrogen-bond donors (Lipinski definition) is 2. The first kappa shape index (κ1) is 10.2. The molecule has 0 saturated carbocycles. The van der Waals surface area contributed by atoms with Gasteiger partial charge in [0, 0.05) is 20.1 Å². The van der Waals surface area contributed by atoms with Crippen molar-refractivity contribution in [2.24, 2.45) is 0 Å². The van der Waals surface area contributed by atoms with Crippen LogP contribution in [0.25, 0.3) is 0 Å². The second-order valence-electron chi connectivity index (χ2n) is 2.55. The summed E-state index contributed by atoms with van der Waals surface area (Å²) in [6, 6.07) is -0.145. The third-order valence-corrected chi connectivity index (χ3v) is 1.37. The van der Waals surface area contributed by atoms with E-state index in [9.17, 15) is 4.79 Å². The zero-order chi connectivity index (χ0) is 8.85. The van der Waals surface area contributed by atoms with Crippen molar-refractivity contribution < 1.29 is 9.90 Å². The summed E-state index contributed by atoms with van der Waals surface area (Å²) in [6.07, 6.45) is -0.482. The summed E-state index contributed by atoms with van der Waals surface area (Å²) < 4.78 is 0. The predicted octanol–water partition coefficient (Wildman–Crippen LogP) is 0.0285. The van der Waals surface area contributed by atoms with Gasteiger partial charge >= 0.3 is 6.03 Å². The van der Waals surface area contributed by atoms with E-state index in [1.165, 1.54) is 0 Å². The molecule has 0 aliphatic heterocycles. The van der Waals surface area contributed by atoms with E-state index in [1.807, 2.05) is 6.92 Å². The lowest BCUT2D eigenvalue weighted by Crippen LogP contribution is -2.40. The van der Waals surface area contributed by atoms with Crippen LogP contribution in [0.4, 0.5) is 4.79 Å². The summed E-state index contributed by atoms with van der Waals surface area (Å²) in [5, 5.41) is 11.4. The topological polar surface area (TPSA) is 52.6 Å². The van der Waals surface area contributed by atoms with E-state index in [2.05, 4.69) is 5.32 Å². The Morgan fingerprint density at radius 1 is 1.73 bits per heavy atom. The quantitative estimate of drug-likeness (QED) is 0.612. The second-order valence-corrected chi connectivity index (χ2v) is 2.55. The minimum absolute atomic E-state index is 0.145.